The smallest absolute Gasteiger partial charge is 0.330 e. The molecule has 0 N–H and O–H groups in total. The Morgan fingerprint density at radius 3 is 2.15 bits per heavy atom. The molecule has 0 spiro atoms. The SMILES string of the molecule is CC(CC(=O)ON1C(=O)CCC1=O)N1C(=O)C=CC1=O. The van der Waals surface area contributed by atoms with E-state index in [0.717, 1.165) is 17.1 Å². The number of carbonyl (C=O) groups excluding carboxylic acids is 5. The molecule has 8 nitrogen and oxygen atoms in total. The molecular formula is C12H12N2O6. The largest absolute Gasteiger partial charge is 0.335 e. The Morgan fingerprint density at radius 1 is 1.15 bits per heavy atom. The summed E-state index contributed by atoms with van der Waals surface area (Å²) in [6, 6.07) is -0.717. The molecule has 2 aliphatic rings. The maximum Gasteiger partial charge on any atom is 0.335 e. The lowest BCUT2D eigenvalue weighted by molar-refractivity contribution is -0.198. The van der Waals surface area contributed by atoms with Gasteiger partial charge in [-0.2, -0.15) is 0 Å². The van der Waals surface area contributed by atoms with Crippen molar-refractivity contribution < 1.29 is 28.8 Å². The van der Waals surface area contributed by atoms with E-state index in [1.54, 1.807) is 0 Å². The zero-order valence-electron chi connectivity index (χ0n) is 10.7. The van der Waals surface area contributed by atoms with Crippen LogP contribution in [0.4, 0.5) is 0 Å². The molecule has 0 bridgehead atoms. The summed E-state index contributed by atoms with van der Waals surface area (Å²) in [7, 11) is 0. The predicted molar refractivity (Wildman–Crippen MR) is 62.3 cm³/mol. The lowest BCUT2D eigenvalue weighted by atomic mass is 10.2. The van der Waals surface area contributed by atoms with Gasteiger partial charge < -0.3 is 4.84 Å². The van der Waals surface area contributed by atoms with Gasteiger partial charge in [0.2, 0.25) is 0 Å². The molecule has 0 aromatic rings. The van der Waals surface area contributed by atoms with E-state index in [1.807, 2.05) is 0 Å². The van der Waals surface area contributed by atoms with Crippen LogP contribution in [0.1, 0.15) is 26.2 Å². The Kier molecular flexibility index (Phi) is 3.64. The number of carbonyl (C=O) groups is 5. The molecule has 0 aliphatic carbocycles. The lowest BCUT2D eigenvalue weighted by Crippen LogP contribution is -2.41. The molecule has 106 valence electrons. The van der Waals surface area contributed by atoms with Gasteiger partial charge in [0, 0.05) is 31.0 Å². The zero-order chi connectivity index (χ0) is 14.9. The molecule has 1 saturated heterocycles. The number of hydrogen-bond acceptors (Lipinski definition) is 6. The molecular weight excluding hydrogens is 268 g/mol. The number of rotatable bonds is 4. The Labute approximate surface area is 113 Å². The van der Waals surface area contributed by atoms with Crippen molar-refractivity contribution >= 4 is 29.6 Å². The molecule has 0 saturated carbocycles. The van der Waals surface area contributed by atoms with E-state index in [4.69, 9.17) is 0 Å². The maximum absolute atomic E-state index is 11.6. The molecule has 1 fully saturated rings. The van der Waals surface area contributed by atoms with Crippen LogP contribution in [0.15, 0.2) is 12.2 Å². The van der Waals surface area contributed by atoms with Crippen LogP contribution in [0.25, 0.3) is 0 Å². The van der Waals surface area contributed by atoms with E-state index in [9.17, 15) is 24.0 Å². The van der Waals surface area contributed by atoms with Crippen molar-refractivity contribution in [1.82, 2.24) is 9.96 Å². The monoisotopic (exact) mass is 280 g/mol. The summed E-state index contributed by atoms with van der Waals surface area (Å²) in [6.07, 6.45) is 1.94. The quantitative estimate of drug-likeness (QED) is 0.631. The van der Waals surface area contributed by atoms with Crippen molar-refractivity contribution in [2.24, 2.45) is 0 Å². The van der Waals surface area contributed by atoms with Gasteiger partial charge >= 0.3 is 5.97 Å². The van der Waals surface area contributed by atoms with Crippen LogP contribution >= 0.6 is 0 Å². The van der Waals surface area contributed by atoms with Gasteiger partial charge in [0.25, 0.3) is 23.6 Å². The minimum Gasteiger partial charge on any atom is -0.330 e. The third-order valence-corrected chi connectivity index (χ3v) is 2.95. The van der Waals surface area contributed by atoms with E-state index in [-0.39, 0.29) is 19.3 Å². The lowest BCUT2D eigenvalue weighted by Gasteiger charge is -2.22. The van der Waals surface area contributed by atoms with Crippen molar-refractivity contribution in [2.75, 3.05) is 0 Å². The Morgan fingerprint density at radius 2 is 1.65 bits per heavy atom. The summed E-state index contributed by atoms with van der Waals surface area (Å²) < 4.78 is 0. The minimum absolute atomic E-state index is 0.00861. The summed E-state index contributed by atoms with van der Waals surface area (Å²) in [5.41, 5.74) is 0. The first kappa shape index (κ1) is 13.9. The Bertz CT molecular complexity index is 504. The molecule has 0 aromatic heterocycles. The van der Waals surface area contributed by atoms with Crippen LogP contribution in [0, 0.1) is 0 Å². The normalized spacial score (nSPS) is 20.1. The second kappa shape index (κ2) is 5.24. The fourth-order valence-corrected chi connectivity index (χ4v) is 1.98. The van der Waals surface area contributed by atoms with E-state index < -0.39 is 35.6 Å². The van der Waals surface area contributed by atoms with Gasteiger partial charge in [0.15, 0.2) is 0 Å². The van der Waals surface area contributed by atoms with E-state index in [2.05, 4.69) is 4.84 Å². The van der Waals surface area contributed by atoms with E-state index in [0.29, 0.717) is 5.06 Å². The van der Waals surface area contributed by atoms with Gasteiger partial charge in [0.05, 0.1) is 6.42 Å². The molecule has 1 unspecified atom stereocenters. The van der Waals surface area contributed by atoms with E-state index >= 15 is 0 Å². The first-order chi connectivity index (χ1) is 9.40. The Hall–Kier alpha value is -2.51. The van der Waals surface area contributed by atoms with Gasteiger partial charge in [0.1, 0.15) is 0 Å². The first-order valence-electron chi connectivity index (χ1n) is 6.02. The third-order valence-electron chi connectivity index (χ3n) is 2.95. The molecule has 2 aliphatic heterocycles. The summed E-state index contributed by atoms with van der Waals surface area (Å²) in [6.45, 7) is 1.50. The van der Waals surface area contributed by atoms with Crippen LogP contribution < -0.4 is 0 Å². The maximum atomic E-state index is 11.6. The average Bonchev–Trinajstić information content (AvgIpc) is 2.86. The van der Waals surface area contributed by atoms with Gasteiger partial charge in [-0.3, -0.25) is 24.1 Å². The van der Waals surface area contributed by atoms with Crippen LogP contribution in [0.5, 0.6) is 0 Å². The summed E-state index contributed by atoms with van der Waals surface area (Å²) >= 11 is 0. The topological polar surface area (TPSA) is 101 Å². The highest BCUT2D eigenvalue weighted by Gasteiger charge is 2.35. The summed E-state index contributed by atoms with van der Waals surface area (Å²) in [5.74, 6) is -3.03. The number of imide groups is 2. The average molecular weight is 280 g/mol. The van der Waals surface area contributed by atoms with Gasteiger partial charge in [-0.25, -0.2) is 4.79 Å². The summed E-state index contributed by atoms with van der Waals surface area (Å²) in [4.78, 5) is 62.5. The van der Waals surface area contributed by atoms with E-state index in [1.165, 1.54) is 6.92 Å². The van der Waals surface area contributed by atoms with Crippen LogP contribution in [0.3, 0.4) is 0 Å². The van der Waals surface area contributed by atoms with Crippen molar-refractivity contribution in [2.45, 2.75) is 32.2 Å². The number of hydrogen-bond donors (Lipinski definition) is 0. The minimum atomic E-state index is -0.853. The molecule has 2 heterocycles. The van der Waals surface area contributed by atoms with Gasteiger partial charge in [-0.15, -0.1) is 5.06 Å². The highest BCUT2D eigenvalue weighted by molar-refractivity contribution is 6.13. The van der Waals surface area contributed by atoms with Gasteiger partial charge in [-0.05, 0) is 6.92 Å². The molecule has 4 amide bonds. The molecule has 8 heteroatoms. The summed E-state index contributed by atoms with van der Waals surface area (Å²) in [5, 5.41) is 0.431. The second-order valence-electron chi connectivity index (χ2n) is 4.48. The number of hydroxylamine groups is 2. The second-order valence-corrected chi connectivity index (χ2v) is 4.48. The zero-order valence-corrected chi connectivity index (χ0v) is 10.7. The molecule has 0 radical (unpaired) electrons. The molecule has 20 heavy (non-hydrogen) atoms. The van der Waals surface area contributed by atoms with Crippen LogP contribution in [0.2, 0.25) is 0 Å². The molecule has 0 aromatic carbocycles. The Balaban J connectivity index is 1.91. The first-order valence-corrected chi connectivity index (χ1v) is 6.02. The fourth-order valence-electron chi connectivity index (χ4n) is 1.98. The van der Waals surface area contributed by atoms with Crippen LogP contribution in [-0.4, -0.2) is 45.6 Å². The fraction of sp³-hybridized carbons (Fsp3) is 0.417. The van der Waals surface area contributed by atoms with Gasteiger partial charge in [-0.1, -0.05) is 0 Å². The predicted octanol–water partition coefficient (Wildman–Crippen LogP) is -0.703. The standard InChI is InChI=1S/C12H12N2O6/c1-7(13-8(15)2-3-9(13)16)6-12(19)20-14-10(17)4-5-11(14)18/h2-3,7H,4-6H2,1H3. The number of amides is 4. The van der Waals surface area contributed by atoms with Crippen molar-refractivity contribution in [3.63, 3.8) is 0 Å². The molecule has 1 atom stereocenters. The highest BCUT2D eigenvalue weighted by Crippen LogP contribution is 2.15. The highest BCUT2D eigenvalue weighted by atomic mass is 16.7. The van der Waals surface area contributed by atoms with Crippen LogP contribution in [-0.2, 0) is 28.8 Å². The van der Waals surface area contributed by atoms with Crippen molar-refractivity contribution in [3.05, 3.63) is 12.2 Å². The molecule has 2 rings (SSSR count). The third kappa shape index (κ3) is 2.58. The van der Waals surface area contributed by atoms with Crippen molar-refractivity contribution in [3.8, 4) is 0 Å². The number of nitrogens with zero attached hydrogens (tertiary/aromatic N) is 2. The van der Waals surface area contributed by atoms with Crippen molar-refractivity contribution in [1.29, 1.82) is 0 Å².